The molecule has 0 N–H and O–H groups in total. The second kappa shape index (κ2) is 4.21. The van der Waals surface area contributed by atoms with Crippen LogP contribution in [0.4, 0.5) is 0 Å². The Kier molecular flexibility index (Phi) is 2.53. The molecule has 0 radical (unpaired) electrons. The third kappa shape index (κ3) is 1.85. The van der Waals surface area contributed by atoms with Crippen LogP contribution in [0.15, 0.2) is 36.5 Å². The Morgan fingerprint density at radius 1 is 1.11 bits per heavy atom. The average molecular weight is 248 g/mol. The van der Waals surface area contributed by atoms with E-state index in [0.29, 0.717) is 11.2 Å². The van der Waals surface area contributed by atoms with Gasteiger partial charge in [-0.3, -0.25) is 4.40 Å². The third-order valence-corrected chi connectivity index (χ3v) is 3.16. The SMILES string of the molecule is Cc1ccc(-c2nnc3cc(C#N)ccn23)c(C)c1. The first kappa shape index (κ1) is 11.4. The first-order chi connectivity index (χ1) is 9.19. The van der Waals surface area contributed by atoms with Crippen molar-refractivity contribution in [3.05, 3.63) is 53.2 Å². The number of hydrogen-bond donors (Lipinski definition) is 0. The molecular formula is C15H12N4. The van der Waals surface area contributed by atoms with Gasteiger partial charge < -0.3 is 0 Å². The van der Waals surface area contributed by atoms with Crippen LogP contribution >= 0.6 is 0 Å². The molecule has 0 spiro atoms. The van der Waals surface area contributed by atoms with Crippen LogP contribution in [-0.2, 0) is 0 Å². The second-order valence-electron chi connectivity index (χ2n) is 4.60. The van der Waals surface area contributed by atoms with E-state index < -0.39 is 0 Å². The summed E-state index contributed by atoms with van der Waals surface area (Å²) in [6.07, 6.45) is 1.84. The van der Waals surface area contributed by atoms with E-state index in [-0.39, 0.29) is 0 Å². The Balaban J connectivity index is 2.23. The Morgan fingerprint density at radius 2 is 1.95 bits per heavy atom. The number of aryl methyl sites for hydroxylation is 2. The fourth-order valence-corrected chi connectivity index (χ4v) is 2.21. The first-order valence-electron chi connectivity index (χ1n) is 6.01. The van der Waals surface area contributed by atoms with E-state index >= 15 is 0 Å². The number of nitriles is 1. The number of rotatable bonds is 1. The van der Waals surface area contributed by atoms with Gasteiger partial charge in [0.15, 0.2) is 11.5 Å². The summed E-state index contributed by atoms with van der Waals surface area (Å²) in [5.74, 6) is 0.803. The topological polar surface area (TPSA) is 54.0 Å². The normalized spacial score (nSPS) is 10.6. The molecule has 0 saturated carbocycles. The van der Waals surface area contributed by atoms with Crippen molar-refractivity contribution >= 4 is 5.65 Å². The van der Waals surface area contributed by atoms with E-state index in [0.717, 1.165) is 11.4 Å². The van der Waals surface area contributed by atoms with Crippen molar-refractivity contribution in [2.75, 3.05) is 0 Å². The fraction of sp³-hybridized carbons (Fsp3) is 0.133. The molecule has 3 rings (SSSR count). The van der Waals surface area contributed by atoms with Crippen LogP contribution < -0.4 is 0 Å². The van der Waals surface area contributed by atoms with Gasteiger partial charge in [-0.25, -0.2) is 0 Å². The van der Waals surface area contributed by atoms with E-state index in [1.165, 1.54) is 11.1 Å². The highest BCUT2D eigenvalue weighted by Gasteiger charge is 2.10. The van der Waals surface area contributed by atoms with E-state index in [9.17, 15) is 0 Å². The molecule has 0 aliphatic heterocycles. The molecule has 0 unspecified atom stereocenters. The molecule has 0 fully saturated rings. The van der Waals surface area contributed by atoms with E-state index in [4.69, 9.17) is 5.26 Å². The maximum Gasteiger partial charge on any atom is 0.168 e. The van der Waals surface area contributed by atoms with Crippen molar-refractivity contribution in [2.45, 2.75) is 13.8 Å². The average Bonchev–Trinajstić information content (AvgIpc) is 2.81. The van der Waals surface area contributed by atoms with E-state index in [1.54, 1.807) is 12.1 Å². The summed E-state index contributed by atoms with van der Waals surface area (Å²) in [7, 11) is 0. The van der Waals surface area contributed by atoms with Gasteiger partial charge in [-0.05, 0) is 25.5 Å². The van der Waals surface area contributed by atoms with Crippen molar-refractivity contribution in [1.82, 2.24) is 14.6 Å². The van der Waals surface area contributed by atoms with Gasteiger partial charge in [-0.1, -0.05) is 23.8 Å². The first-order valence-corrected chi connectivity index (χ1v) is 6.01. The lowest BCUT2D eigenvalue weighted by Gasteiger charge is -2.05. The molecule has 0 saturated heterocycles. The Hall–Kier alpha value is -2.67. The Morgan fingerprint density at radius 3 is 2.68 bits per heavy atom. The predicted molar refractivity (Wildman–Crippen MR) is 72.6 cm³/mol. The van der Waals surface area contributed by atoms with Crippen molar-refractivity contribution < 1.29 is 0 Å². The quantitative estimate of drug-likeness (QED) is 0.665. The van der Waals surface area contributed by atoms with Crippen molar-refractivity contribution in [2.24, 2.45) is 0 Å². The molecule has 0 aliphatic carbocycles. The van der Waals surface area contributed by atoms with Gasteiger partial charge in [-0.15, -0.1) is 10.2 Å². The van der Waals surface area contributed by atoms with Gasteiger partial charge in [0.2, 0.25) is 0 Å². The fourth-order valence-electron chi connectivity index (χ4n) is 2.21. The van der Waals surface area contributed by atoms with Crippen molar-refractivity contribution in [3.8, 4) is 17.5 Å². The molecule has 0 bridgehead atoms. The molecular weight excluding hydrogens is 236 g/mol. The van der Waals surface area contributed by atoms with Gasteiger partial charge in [0.25, 0.3) is 0 Å². The Labute approximate surface area is 111 Å². The smallest absolute Gasteiger partial charge is 0.168 e. The van der Waals surface area contributed by atoms with E-state index in [1.807, 2.05) is 10.6 Å². The molecule has 2 heterocycles. The number of aromatic nitrogens is 3. The minimum atomic E-state index is 0.590. The van der Waals surface area contributed by atoms with E-state index in [2.05, 4.69) is 48.3 Å². The number of pyridine rings is 1. The summed E-state index contributed by atoms with van der Waals surface area (Å²) in [5.41, 5.74) is 4.73. The summed E-state index contributed by atoms with van der Waals surface area (Å²) in [6, 6.07) is 11.9. The van der Waals surface area contributed by atoms with Crippen LogP contribution in [0.25, 0.3) is 17.0 Å². The lowest BCUT2D eigenvalue weighted by atomic mass is 10.1. The minimum absolute atomic E-state index is 0.590. The summed E-state index contributed by atoms with van der Waals surface area (Å²) in [4.78, 5) is 0. The second-order valence-corrected chi connectivity index (χ2v) is 4.60. The lowest BCUT2D eigenvalue weighted by molar-refractivity contribution is 1.10. The number of benzene rings is 1. The van der Waals surface area contributed by atoms with Gasteiger partial charge in [0, 0.05) is 17.8 Å². The number of fused-ring (bicyclic) bond motifs is 1. The highest BCUT2D eigenvalue weighted by atomic mass is 15.2. The number of nitrogens with zero attached hydrogens (tertiary/aromatic N) is 4. The third-order valence-electron chi connectivity index (χ3n) is 3.16. The lowest BCUT2D eigenvalue weighted by Crippen LogP contribution is -1.92. The van der Waals surface area contributed by atoms with Crippen LogP contribution in [0.1, 0.15) is 16.7 Å². The molecule has 92 valence electrons. The highest BCUT2D eigenvalue weighted by molar-refractivity contribution is 5.64. The summed E-state index contributed by atoms with van der Waals surface area (Å²) in [6.45, 7) is 4.13. The van der Waals surface area contributed by atoms with Gasteiger partial charge in [-0.2, -0.15) is 5.26 Å². The van der Waals surface area contributed by atoms with Gasteiger partial charge >= 0.3 is 0 Å². The summed E-state index contributed by atoms with van der Waals surface area (Å²) >= 11 is 0. The maximum atomic E-state index is 8.89. The molecule has 19 heavy (non-hydrogen) atoms. The van der Waals surface area contributed by atoms with Crippen LogP contribution in [0.2, 0.25) is 0 Å². The molecule has 2 aromatic heterocycles. The molecule has 4 nitrogen and oxygen atoms in total. The van der Waals surface area contributed by atoms with Crippen LogP contribution in [0.5, 0.6) is 0 Å². The molecule has 1 aromatic carbocycles. The zero-order chi connectivity index (χ0) is 13.4. The zero-order valence-corrected chi connectivity index (χ0v) is 10.8. The van der Waals surface area contributed by atoms with Gasteiger partial charge in [0.1, 0.15) is 0 Å². The monoisotopic (exact) mass is 248 g/mol. The summed E-state index contributed by atoms with van der Waals surface area (Å²) < 4.78 is 1.90. The number of hydrogen-bond acceptors (Lipinski definition) is 3. The molecule has 3 aromatic rings. The highest BCUT2D eigenvalue weighted by Crippen LogP contribution is 2.23. The minimum Gasteiger partial charge on any atom is -0.282 e. The maximum absolute atomic E-state index is 8.89. The predicted octanol–water partition coefficient (Wildman–Crippen LogP) is 2.88. The van der Waals surface area contributed by atoms with Crippen LogP contribution in [0, 0.1) is 25.2 Å². The Bertz CT molecular complexity index is 809. The van der Waals surface area contributed by atoms with Crippen LogP contribution in [0.3, 0.4) is 0 Å². The zero-order valence-electron chi connectivity index (χ0n) is 10.8. The molecule has 0 amide bonds. The summed E-state index contributed by atoms with van der Waals surface area (Å²) in [5, 5.41) is 17.3. The molecule has 4 heteroatoms. The largest absolute Gasteiger partial charge is 0.282 e. The van der Waals surface area contributed by atoms with Crippen molar-refractivity contribution in [3.63, 3.8) is 0 Å². The standard InChI is InChI=1S/C15H12N4/c1-10-3-4-13(11(2)7-10)15-18-17-14-8-12(9-16)5-6-19(14)15/h3-8H,1-2H3. The van der Waals surface area contributed by atoms with Crippen molar-refractivity contribution in [1.29, 1.82) is 5.26 Å². The van der Waals surface area contributed by atoms with Crippen LogP contribution in [-0.4, -0.2) is 14.6 Å². The van der Waals surface area contributed by atoms with Gasteiger partial charge in [0.05, 0.1) is 11.6 Å². The molecule has 0 atom stereocenters. The molecule has 0 aliphatic rings.